The molecule has 3 aromatic rings. The Balaban J connectivity index is 2.24. The molecule has 0 saturated carbocycles. The topological polar surface area (TPSA) is 0 Å². The van der Waals surface area contributed by atoms with Crippen LogP contribution >= 0.6 is 0 Å². The van der Waals surface area contributed by atoms with Crippen molar-refractivity contribution in [1.29, 1.82) is 0 Å². The van der Waals surface area contributed by atoms with Crippen LogP contribution in [-0.4, -0.2) is 0 Å². The monoisotopic (exact) mass is 290 g/mol. The first-order valence-electron chi connectivity index (χ1n) is 6.32. The smallest absolute Gasteiger partial charge is 0.206 e. The van der Waals surface area contributed by atoms with Crippen molar-refractivity contribution in [3.8, 4) is 11.1 Å². The first kappa shape index (κ1) is 13.6. The minimum atomic E-state index is -4.40. The summed E-state index contributed by atoms with van der Waals surface area (Å²) in [5.41, 5.74) is 0.285. The summed E-state index contributed by atoms with van der Waals surface area (Å²) in [7, 11) is 0. The van der Waals surface area contributed by atoms with Crippen LogP contribution in [0.5, 0.6) is 0 Å². The second-order valence-corrected chi connectivity index (χ2v) is 4.72. The Kier molecular flexibility index (Phi) is 3.16. The lowest BCUT2D eigenvalue weighted by Crippen LogP contribution is -2.04. The normalized spacial score (nSPS) is 11.8. The van der Waals surface area contributed by atoms with Gasteiger partial charge in [0.1, 0.15) is 5.82 Å². The zero-order valence-electron chi connectivity index (χ0n) is 10.8. The Morgan fingerprint density at radius 2 is 1.43 bits per heavy atom. The molecule has 0 aromatic heterocycles. The standard InChI is InChI=1S/C17H10F4/c18-16-9-8-13(14-6-1-2-7-15(14)16)11-4-3-5-12(10-11)17(19,20)21/h1-10H. The lowest BCUT2D eigenvalue weighted by molar-refractivity contribution is -0.137. The van der Waals surface area contributed by atoms with Crippen molar-refractivity contribution in [2.45, 2.75) is 6.18 Å². The van der Waals surface area contributed by atoms with Gasteiger partial charge in [0.25, 0.3) is 0 Å². The van der Waals surface area contributed by atoms with Gasteiger partial charge in [-0.15, -0.1) is 0 Å². The quantitative estimate of drug-likeness (QED) is 0.507. The van der Waals surface area contributed by atoms with Gasteiger partial charge in [0, 0.05) is 5.39 Å². The summed E-state index contributed by atoms with van der Waals surface area (Å²) in [4.78, 5) is 0. The van der Waals surface area contributed by atoms with Gasteiger partial charge < -0.3 is 0 Å². The van der Waals surface area contributed by atoms with Gasteiger partial charge in [-0.2, -0.15) is 13.2 Å². The number of hydrogen-bond donors (Lipinski definition) is 0. The van der Waals surface area contributed by atoms with Crippen LogP contribution in [0.3, 0.4) is 0 Å². The zero-order chi connectivity index (χ0) is 15.0. The lowest BCUT2D eigenvalue weighted by atomic mass is 9.96. The maximum Gasteiger partial charge on any atom is 0.416 e. The van der Waals surface area contributed by atoms with E-state index in [4.69, 9.17) is 0 Å². The van der Waals surface area contributed by atoms with Gasteiger partial charge in [0.2, 0.25) is 0 Å². The Bertz CT molecular complexity index is 803. The highest BCUT2D eigenvalue weighted by Crippen LogP contribution is 2.35. The Morgan fingerprint density at radius 3 is 2.14 bits per heavy atom. The van der Waals surface area contributed by atoms with E-state index in [-0.39, 0.29) is 5.82 Å². The molecule has 106 valence electrons. The highest BCUT2D eigenvalue weighted by Gasteiger charge is 2.30. The molecule has 0 nitrogen and oxygen atoms in total. The number of benzene rings is 3. The van der Waals surface area contributed by atoms with Crippen molar-refractivity contribution < 1.29 is 17.6 Å². The van der Waals surface area contributed by atoms with Gasteiger partial charge in [0.05, 0.1) is 5.56 Å². The van der Waals surface area contributed by atoms with Crippen molar-refractivity contribution in [2.75, 3.05) is 0 Å². The third-order valence-electron chi connectivity index (χ3n) is 3.37. The van der Waals surface area contributed by atoms with Gasteiger partial charge in [-0.25, -0.2) is 4.39 Å². The van der Waals surface area contributed by atoms with Crippen LogP contribution in [-0.2, 0) is 6.18 Å². The molecular formula is C17H10F4. The van der Waals surface area contributed by atoms with E-state index in [1.165, 1.54) is 18.2 Å². The molecular weight excluding hydrogens is 280 g/mol. The van der Waals surface area contributed by atoms with Crippen LogP contribution in [0.1, 0.15) is 5.56 Å². The molecule has 0 heterocycles. The van der Waals surface area contributed by atoms with E-state index in [0.717, 1.165) is 12.1 Å². The van der Waals surface area contributed by atoms with Crippen LogP contribution in [0.2, 0.25) is 0 Å². The second-order valence-electron chi connectivity index (χ2n) is 4.72. The highest BCUT2D eigenvalue weighted by atomic mass is 19.4. The number of halogens is 4. The Labute approximate surface area is 118 Å². The molecule has 0 fully saturated rings. The van der Waals surface area contributed by atoms with E-state index >= 15 is 0 Å². The molecule has 0 radical (unpaired) electrons. The van der Waals surface area contributed by atoms with E-state index in [9.17, 15) is 17.6 Å². The van der Waals surface area contributed by atoms with E-state index in [1.807, 2.05) is 0 Å². The van der Waals surface area contributed by atoms with Crippen LogP contribution < -0.4 is 0 Å². The number of rotatable bonds is 1. The molecule has 0 aliphatic rings. The first-order chi connectivity index (χ1) is 9.97. The summed E-state index contributed by atoms with van der Waals surface area (Å²) in [6, 6.07) is 14.6. The van der Waals surface area contributed by atoms with Crippen molar-refractivity contribution in [3.63, 3.8) is 0 Å². The fourth-order valence-electron chi connectivity index (χ4n) is 2.38. The van der Waals surface area contributed by atoms with Crippen molar-refractivity contribution in [3.05, 3.63) is 72.0 Å². The van der Waals surface area contributed by atoms with Gasteiger partial charge in [-0.3, -0.25) is 0 Å². The minimum Gasteiger partial charge on any atom is -0.206 e. The van der Waals surface area contributed by atoms with Crippen LogP contribution in [0.4, 0.5) is 17.6 Å². The van der Waals surface area contributed by atoms with Gasteiger partial charge in [-0.05, 0) is 34.7 Å². The number of alkyl halides is 3. The molecule has 0 spiro atoms. The molecule has 0 aliphatic heterocycles. The van der Waals surface area contributed by atoms with Crippen LogP contribution in [0.15, 0.2) is 60.7 Å². The van der Waals surface area contributed by atoms with E-state index in [2.05, 4.69) is 0 Å². The van der Waals surface area contributed by atoms with Gasteiger partial charge in [-0.1, -0.05) is 42.5 Å². The molecule has 0 saturated heterocycles. The third-order valence-corrected chi connectivity index (χ3v) is 3.37. The van der Waals surface area contributed by atoms with Gasteiger partial charge >= 0.3 is 6.18 Å². The summed E-state index contributed by atoms with van der Waals surface area (Å²) in [6.07, 6.45) is -4.40. The molecule has 0 bridgehead atoms. The van der Waals surface area contributed by atoms with E-state index in [1.54, 1.807) is 30.3 Å². The van der Waals surface area contributed by atoms with Crippen molar-refractivity contribution in [1.82, 2.24) is 0 Å². The maximum absolute atomic E-state index is 13.8. The SMILES string of the molecule is Fc1ccc(-c2cccc(C(F)(F)F)c2)c2ccccc12. The largest absolute Gasteiger partial charge is 0.416 e. The van der Waals surface area contributed by atoms with E-state index in [0.29, 0.717) is 21.9 Å². The molecule has 3 aromatic carbocycles. The average molecular weight is 290 g/mol. The predicted octanol–water partition coefficient (Wildman–Crippen LogP) is 5.66. The summed E-state index contributed by atoms with van der Waals surface area (Å²) < 4.78 is 52.2. The van der Waals surface area contributed by atoms with Crippen LogP contribution in [0.25, 0.3) is 21.9 Å². The average Bonchev–Trinajstić information content (AvgIpc) is 2.47. The summed E-state index contributed by atoms with van der Waals surface area (Å²) in [6.45, 7) is 0. The zero-order valence-corrected chi connectivity index (χ0v) is 10.8. The van der Waals surface area contributed by atoms with Crippen LogP contribution in [0, 0.1) is 5.82 Å². The van der Waals surface area contributed by atoms with E-state index < -0.39 is 11.7 Å². The molecule has 0 atom stereocenters. The Hall–Kier alpha value is -2.36. The highest BCUT2D eigenvalue weighted by molar-refractivity contribution is 5.97. The summed E-state index contributed by atoms with van der Waals surface area (Å²) >= 11 is 0. The molecule has 3 rings (SSSR count). The molecule has 0 N–H and O–H groups in total. The van der Waals surface area contributed by atoms with Gasteiger partial charge in [0.15, 0.2) is 0 Å². The molecule has 21 heavy (non-hydrogen) atoms. The minimum absolute atomic E-state index is 0.388. The lowest BCUT2D eigenvalue weighted by Gasteiger charge is -2.11. The summed E-state index contributed by atoms with van der Waals surface area (Å²) in [5.74, 6) is -0.388. The second kappa shape index (κ2) is 4.88. The molecule has 0 amide bonds. The Morgan fingerprint density at radius 1 is 0.714 bits per heavy atom. The number of hydrogen-bond acceptors (Lipinski definition) is 0. The molecule has 0 aliphatic carbocycles. The molecule has 0 unspecified atom stereocenters. The molecule has 4 heteroatoms. The fourth-order valence-corrected chi connectivity index (χ4v) is 2.38. The van der Waals surface area contributed by atoms with Crippen molar-refractivity contribution >= 4 is 10.8 Å². The predicted molar refractivity (Wildman–Crippen MR) is 74.3 cm³/mol. The maximum atomic E-state index is 13.8. The first-order valence-corrected chi connectivity index (χ1v) is 6.32. The summed E-state index contributed by atoms with van der Waals surface area (Å²) in [5, 5.41) is 0.990. The number of fused-ring (bicyclic) bond motifs is 1. The third kappa shape index (κ3) is 2.49. The van der Waals surface area contributed by atoms with Crippen molar-refractivity contribution in [2.24, 2.45) is 0 Å². The fraction of sp³-hybridized carbons (Fsp3) is 0.0588.